The number of benzene rings is 1. The first kappa shape index (κ1) is 13.3. The maximum Gasteiger partial charge on any atom is 0.223 e. The summed E-state index contributed by atoms with van der Waals surface area (Å²) < 4.78 is 0. The number of anilines is 2. The van der Waals surface area contributed by atoms with E-state index < -0.39 is 0 Å². The highest BCUT2D eigenvalue weighted by Gasteiger charge is 2.02. The van der Waals surface area contributed by atoms with Crippen LogP contribution in [0.1, 0.15) is 13.3 Å². The van der Waals surface area contributed by atoms with Gasteiger partial charge in [0.25, 0.3) is 0 Å². The van der Waals surface area contributed by atoms with Crippen LogP contribution in [0.4, 0.5) is 11.6 Å². The smallest absolute Gasteiger partial charge is 0.223 e. The number of nitrogens with one attached hydrogen (secondary N) is 1. The molecule has 4 heteroatoms. The molecule has 1 N–H and O–H groups in total. The maximum atomic E-state index is 4.52. The van der Waals surface area contributed by atoms with Crippen LogP contribution in [0.5, 0.6) is 0 Å². The molecule has 0 bridgehead atoms. The van der Waals surface area contributed by atoms with E-state index in [4.69, 9.17) is 0 Å². The molecule has 0 unspecified atom stereocenters. The average Bonchev–Trinajstić information content (AvgIpc) is 2.45. The summed E-state index contributed by atoms with van der Waals surface area (Å²) in [5.41, 5.74) is 3.23. The van der Waals surface area contributed by atoms with E-state index in [0.717, 1.165) is 24.2 Å². The van der Waals surface area contributed by atoms with Crippen molar-refractivity contribution in [1.82, 2.24) is 9.97 Å². The first-order valence-corrected chi connectivity index (χ1v) is 6.55. The first-order valence-electron chi connectivity index (χ1n) is 6.55. The molecule has 1 aromatic carbocycles. The van der Waals surface area contributed by atoms with Gasteiger partial charge < -0.3 is 10.2 Å². The van der Waals surface area contributed by atoms with Crippen LogP contribution >= 0.6 is 0 Å². The molecule has 0 saturated heterocycles. The molecule has 0 radical (unpaired) electrons. The molecule has 2 aromatic rings. The number of aromatic nitrogens is 2. The molecule has 1 heterocycles. The van der Waals surface area contributed by atoms with Gasteiger partial charge in [-0.1, -0.05) is 19.1 Å². The number of rotatable bonds is 5. The van der Waals surface area contributed by atoms with Gasteiger partial charge in [0.15, 0.2) is 0 Å². The highest BCUT2D eigenvalue weighted by Crippen LogP contribution is 2.21. The molecule has 0 spiro atoms. The fourth-order valence-corrected chi connectivity index (χ4v) is 1.77. The van der Waals surface area contributed by atoms with E-state index in [0.29, 0.717) is 5.95 Å². The van der Waals surface area contributed by atoms with Crippen molar-refractivity contribution in [3.8, 4) is 11.3 Å². The fourth-order valence-electron chi connectivity index (χ4n) is 1.77. The lowest BCUT2D eigenvalue weighted by atomic mass is 10.1. The quantitative estimate of drug-likeness (QED) is 0.892. The average molecular weight is 256 g/mol. The summed E-state index contributed by atoms with van der Waals surface area (Å²) in [6, 6.07) is 10.3. The zero-order chi connectivity index (χ0) is 13.7. The van der Waals surface area contributed by atoms with Gasteiger partial charge in [-0.3, -0.25) is 0 Å². The summed E-state index contributed by atoms with van der Waals surface area (Å²) in [7, 11) is 4.07. The number of hydrogen-bond acceptors (Lipinski definition) is 4. The van der Waals surface area contributed by atoms with Gasteiger partial charge in [-0.05, 0) is 24.6 Å². The van der Waals surface area contributed by atoms with Crippen molar-refractivity contribution in [2.45, 2.75) is 13.3 Å². The minimum absolute atomic E-state index is 0.691. The second-order valence-corrected chi connectivity index (χ2v) is 4.63. The normalized spacial score (nSPS) is 10.3. The van der Waals surface area contributed by atoms with Crippen LogP contribution in [-0.4, -0.2) is 30.6 Å². The lowest BCUT2D eigenvalue weighted by molar-refractivity contribution is 0.953. The monoisotopic (exact) mass is 256 g/mol. The SMILES string of the molecule is CCCNc1nccc(-c2ccc(N(C)C)cc2)n1. The summed E-state index contributed by atoms with van der Waals surface area (Å²) >= 11 is 0. The fraction of sp³-hybridized carbons (Fsp3) is 0.333. The van der Waals surface area contributed by atoms with E-state index in [9.17, 15) is 0 Å². The summed E-state index contributed by atoms with van der Waals surface area (Å²) in [5, 5.41) is 3.20. The van der Waals surface area contributed by atoms with Crippen molar-refractivity contribution < 1.29 is 0 Å². The Labute approximate surface area is 114 Å². The molecule has 0 atom stereocenters. The van der Waals surface area contributed by atoms with Crippen LogP contribution in [0, 0.1) is 0 Å². The molecule has 0 aliphatic carbocycles. The Morgan fingerprint density at radius 1 is 1.11 bits per heavy atom. The lowest BCUT2D eigenvalue weighted by Gasteiger charge is -2.12. The van der Waals surface area contributed by atoms with E-state index >= 15 is 0 Å². The van der Waals surface area contributed by atoms with E-state index in [2.05, 4.69) is 51.4 Å². The van der Waals surface area contributed by atoms with Crippen LogP contribution in [-0.2, 0) is 0 Å². The molecule has 2 rings (SSSR count). The van der Waals surface area contributed by atoms with Crippen molar-refractivity contribution in [3.05, 3.63) is 36.5 Å². The van der Waals surface area contributed by atoms with Crippen molar-refractivity contribution in [2.75, 3.05) is 30.9 Å². The highest BCUT2D eigenvalue weighted by molar-refractivity contribution is 5.63. The second kappa shape index (κ2) is 6.18. The van der Waals surface area contributed by atoms with Crippen LogP contribution in [0.2, 0.25) is 0 Å². The third-order valence-electron chi connectivity index (χ3n) is 2.87. The van der Waals surface area contributed by atoms with Gasteiger partial charge in [0, 0.05) is 38.1 Å². The molecule has 100 valence electrons. The molecule has 0 fully saturated rings. The molecule has 0 aliphatic heterocycles. The number of hydrogen-bond donors (Lipinski definition) is 1. The van der Waals surface area contributed by atoms with Crippen LogP contribution < -0.4 is 10.2 Å². The van der Waals surface area contributed by atoms with Crippen LogP contribution in [0.15, 0.2) is 36.5 Å². The van der Waals surface area contributed by atoms with Crippen molar-refractivity contribution in [3.63, 3.8) is 0 Å². The van der Waals surface area contributed by atoms with Gasteiger partial charge >= 0.3 is 0 Å². The summed E-state index contributed by atoms with van der Waals surface area (Å²) in [6.45, 7) is 3.01. The summed E-state index contributed by atoms with van der Waals surface area (Å²) in [6.07, 6.45) is 2.85. The van der Waals surface area contributed by atoms with Gasteiger partial charge in [-0.15, -0.1) is 0 Å². The minimum Gasteiger partial charge on any atom is -0.378 e. The second-order valence-electron chi connectivity index (χ2n) is 4.63. The van der Waals surface area contributed by atoms with Crippen LogP contribution in [0.25, 0.3) is 11.3 Å². The van der Waals surface area contributed by atoms with E-state index in [1.165, 1.54) is 5.69 Å². The Morgan fingerprint density at radius 2 is 1.84 bits per heavy atom. The zero-order valence-electron chi connectivity index (χ0n) is 11.7. The molecule has 1 aromatic heterocycles. The molecule has 0 amide bonds. The van der Waals surface area contributed by atoms with E-state index in [-0.39, 0.29) is 0 Å². The largest absolute Gasteiger partial charge is 0.378 e. The molecule has 19 heavy (non-hydrogen) atoms. The Kier molecular flexibility index (Phi) is 4.34. The topological polar surface area (TPSA) is 41.1 Å². The molecule has 0 saturated carbocycles. The summed E-state index contributed by atoms with van der Waals surface area (Å²) in [4.78, 5) is 10.8. The zero-order valence-corrected chi connectivity index (χ0v) is 11.7. The predicted octanol–water partition coefficient (Wildman–Crippen LogP) is 3.03. The third-order valence-corrected chi connectivity index (χ3v) is 2.87. The number of nitrogens with zero attached hydrogens (tertiary/aromatic N) is 3. The van der Waals surface area contributed by atoms with E-state index in [1.54, 1.807) is 6.20 Å². The van der Waals surface area contributed by atoms with Gasteiger partial charge in [0.1, 0.15) is 0 Å². The van der Waals surface area contributed by atoms with Gasteiger partial charge in [-0.2, -0.15) is 0 Å². The molecular weight excluding hydrogens is 236 g/mol. The van der Waals surface area contributed by atoms with Gasteiger partial charge in [-0.25, -0.2) is 9.97 Å². The Hall–Kier alpha value is -2.10. The summed E-state index contributed by atoms with van der Waals surface area (Å²) in [5.74, 6) is 0.691. The van der Waals surface area contributed by atoms with E-state index in [1.807, 2.05) is 20.2 Å². The minimum atomic E-state index is 0.691. The van der Waals surface area contributed by atoms with Crippen molar-refractivity contribution in [1.29, 1.82) is 0 Å². The Morgan fingerprint density at radius 3 is 2.47 bits per heavy atom. The molecule has 4 nitrogen and oxygen atoms in total. The Balaban J connectivity index is 2.21. The standard InChI is InChI=1S/C15H20N4/c1-4-10-16-15-17-11-9-14(18-15)12-5-7-13(8-6-12)19(2)3/h5-9,11H,4,10H2,1-3H3,(H,16,17,18). The van der Waals surface area contributed by atoms with Crippen molar-refractivity contribution in [2.24, 2.45) is 0 Å². The molecule has 0 aliphatic rings. The lowest BCUT2D eigenvalue weighted by Crippen LogP contribution is -2.08. The highest BCUT2D eigenvalue weighted by atomic mass is 15.1. The predicted molar refractivity (Wildman–Crippen MR) is 80.6 cm³/mol. The van der Waals surface area contributed by atoms with Crippen LogP contribution in [0.3, 0.4) is 0 Å². The third kappa shape index (κ3) is 3.44. The first-order chi connectivity index (χ1) is 9.20. The van der Waals surface area contributed by atoms with Crippen molar-refractivity contribution >= 4 is 11.6 Å². The molecular formula is C15H20N4. The maximum absolute atomic E-state index is 4.52. The van der Waals surface area contributed by atoms with Gasteiger partial charge in [0.05, 0.1) is 5.69 Å². The van der Waals surface area contributed by atoms with Gasteiger partial charge in [0.2, 0.25) is 5.95 Å². The Bertz CT molecular complexity index is 520.